The van der Waals surface area contributed by atoms with Gasteiger partial charge in [0.05, 0.1) is 6.04 Å². The van der Waals surface area contributed by atoms with Crippen LogP contribution in [0.25, 0.3) is 0 Å². The van der Waals surface area contributed by atoms with Crippen molar-refractivity contribution in [2.75, 3.05) is 13.1 Å². The van der Waals surface area contributed by atoms with Crippen LogP contribution in [0.1, 0.15) is 39.5 Å². The zero-order chi connectivity index (χ0) is 10.6. The quantitative estimate of drug-likeness (QED) is 0.741. The molecule has 3 heteroatoms. The zero-order valence-electron chi connectivity index (χ0n) is 9.33. The first-order chi connectivity index (χ1) is 6.70. The van der Waals surface area contributed by atoms with E-state index in [2.05, 4.69) is 0 Å². The lowest BCUT2D eigenvalue weighted by Gasteiger charge is -2.25. The van der Waals surface area contributed by atoms with Crippen LogP contribution in [-0.2, 0) is 4.79 Å². The van der Waals surface area contributed by atoms with Crippen LogP contribution in [0, 0.1) is 5.92 Å². The van der Waals surface area contributed by atoms with Gasteiger partial charge < -0.3 is 10.6 Å². The number of hydrogen-bond donors (Lipinski definition) is 1. The average molecular weight is 198 g/mol. The molecular formula is C11H22N2O. The molecule has 0 radical (unpaired) electrons. The van der Waals surface area contributed by atoms with Gasteiger partial charge in [0.2, 0.25) is 5.91 Å². The van der Waals surface area contributed by atoms with Crippen molar-refractivity contribution in [1.29, 1.82) is 0 Å². The van der Waals surface area contributed by atoms with E-state index in [1.54, 1.807) is 0 Å². The minimum absolute atomic E-state index is 0.141. The second-order valence-electron chi connectivity index (χ2n) is 4.08. The van der Waals surface area contributed by atoms with Gasteiger partial charge in [0.1, 0.15) is 0 Å². The van der Waals surface area contributed by atoms with Gasteiger partial charge in [0.15, 0.2) is 0 Å². The van der Waals surface area contributed by atoms with Gasteiger partial charge in [-0.05, 0) is 32.6 Å². The first-order valence-corrected chi connectivity index (χ1v) is 5.75. The SMILES string of the molecule is CCN(CC)C(=O)C(N)C1CCCC1. The van der Waals surface area contributed by atoms with Gasteiger partial charge in [0, 0.05) is 13.1 Å². The van der Waals surface area contributed by atoms with Crippen molar-refractivity contribution in [2.45, 2.75) is 45.6 Å². The fraction of sp³-hybridized carbons (Fsp3) is 0.909. The van der Waals surface area contributed by atoms with E-state index in [1.165, 1.54) is 12.8 Å². The van der Waals surface area contributed by atoms with Crippen molar-refractivity contribution < 1.29 is 4.79 Å². The summed E-state index contributed by atoms with van der Waals surface area (Å²) < 4.78 is 0. The number of nitrogens with zero attached hydrogens (tertiary/aromatic N) is 1. The van der Waals surface area contributed by atoms with Crippen molar-refractivity contribution in [2.24, 2.45) is 11.7 Å². The summed E-state index contributed by atoms with van der Waals surface area (Å²) >= 11 is 0. The normalized spacial score (nSPS) is 19.6. The molecule has 14 heavy (non-hydrogen) atoms. The molecule has 0 aromatic heterocycles. The summed E-state index contributed by atoms with van der Waals surface area (Å²) in [6.45, 7) is 5.55. The molecule has 1 fully saturated rings. The molecular weight excluding hydrogens is 176 g/mol. The Bertz CT molecular complexity index is 184. The van der Waals surface area contributed by atoms with Gasteiger partial charge >= 0.3 is 0 Å². The third-order valence-corrected chi connectivity index (χ3v) is 3.27. The third kappa shape index (κ3) is 2.47. The van der Waals surface area contributed by atoms with Gasteiger partial charge in [-0.1, -0.05) is 12.8 Å². The number of nitrogens with two attached hydrogens (primary N) is 1. The Morgan fingerprint density at radius 2 is 1.86 bits per heavy atom. The molecule has 82 valence electrons. The van der Waals surface area contributed by atoms with E-state index in [0.717, 1.165) is 25.9 Å². The third-order valence-electron chi connectivity index (χ3n) is 3.27. The van der Waals surface area contributed by atoms with Crippen LogP contribution < -0.4 is 5.73 Å². The highest BCUT2D eigenvalue weighted by Gasteiger charge is 2.29. The summed E-state index contributed by atoms with van der Waals surface area (Å²) in [7, 11) is 0. The maximum Gasteiger partial charge on any atom is 0.239 e. The summed E-state index contributed by atoms with van der Waals surface area (Å²) in [5.41, 5.74) is 5.98. The first-order valence-electron chi connectivity index (χ1n) is 5.75. The molecule has 0 aromatic carbocycles. The highest BCUT2D eigenvalue weighted by Crippen LogP contribution is 2.27. The minimum Gasteiger partial charge on any atom is -0.342 e. The number of hydrogen-bond acceptors (Lipinski definition) is 2. The molecule has 0 heterocycles. The Labute approximate surface area is 86.6 Å². The maximum absolute atomic E-state index is 11.9. The molecule has 1 atom stereocenters. The predicted octanol–water partition coefficient (Wildman–Crippen LogP) is 1.37. The molecule has 1 unspecified atom stereocenters. The van der Waals surface area contributed by atoms with Crippen LogP contribution in [-0.4, -0.2) is 29.9 Å². The Morgan fingerprint density at radius 1 is 1.36 bits per heavy atom. The number of rotatable bonds is 4. The minimum atomic E-state index is -0.252. The lowest BCUT2D eigenvalue weighted by Crippen LogP contribution is -2.47. The Hall–Kier alpha value is -0.570. The van der Waals surface area contributed by atoms with Crippen LogP contribution in [0.15, 0.2) is 0 Å². The van der Waals surface area contributed by atoms with Gasteiger partial charge in [-0.15, -0.1) is 0 Å². The predicted molar refractivity (Wildman–Crippen MR) is 57.9 cm³/mol. The molecule has 0 aliphatic heterocycles. The molecule has 3 nitrogen and oxygen atoms in total. The fourth-order valence-electron chi connectivity index (χ4n) is 2.26. The second-order valence-corrected chi connectivity index (χ2v) is 4.08. The second kappa shape index (κ2) is 5.35. The van der Waals surface area contributed by atoms with Gasteiger partial charge in [-0.2, -0.15) is 0 Å². The summed E-state index contributed by atoms with van der Waals surface area (Å²) in [5, 5.41) is 0. The van der Waals surface area contributed by atoms with E-state index in [0.29, 0.717) is 5.92 Å². The van der Waals surface area contributed by atoms with E-state index in [1.807, 2.05) is 18.7 Å². The molecule has 1 aliphatic rings. The van der Waals surface area contributed by atoms with E-state index in [9.17, 15) is 4.79 Å². The van der Waals surface area contributed by atoms with Crippen LogP contribution in [0.5, 0.6) is 0 Å². The Morgan fingerprint density at radius 3 is 2.29 bits per heavy atom. The molecule has 0 bridgehead atoms. The van der Waals surface area contributed by atoms with E-state index >= 15 is 0 Å². The van der Waals surface area contributed by atoms with Gasteiger partial charge in [-0.3, -0.25) is 4.79 Å². The largest absolute Gasteiger partial charge is 0.342 e. The summed E-state index contributed by atoms with van der Waals surface area (Å²) in [6, 6.07) is -0.252. The Balaban J connectivity index is 2.49. The smallest absolute Gasteiger partial charge is 0.239 e. The van der Waals surface area contributed by atoms with E-state index < -0.39 is 0 Å². The number of carbonyl (C=O) groups is 1. The monoisotopic (exact) mass is 198 g/mol. The molecule has 0 saturated heterocycles. The van der Waals surface area contributed by atoms with Crippen LogP contribution >= 0.6 is 0 Å². The number of amides is 1. The lowest BCUT2D eigenvalue weighted by atomic mass is 9.98. The number of likely N-dealkylation sites (N-methyl/N-ethyl adjacent to an activating group) is 1. The van der Waals surface area contributed by atoms with E-state index in [4.69, 9.17) is 5.73 Å². The highest BCUT2D eigenvalue weighted by molar-refractivity contribution is 5.82. The van der Waals surface area contributed by atoms with Gasteiger partial charge in [-0.25, -0.2) is 0 Å². The molecule has 1 amide bonds. The molecule has 0 spiro atoms. The van der Waals surface area contributed by atoms with Crippen molar-refractivity contribution >= 4 is 5.91 Å². The Kier molecular flexibility index (Phi) is 4.39. The summed E-state index contributed by atoms with van der Waals surface area (Å²) in [4.78, 5) is 13.7. The summed E-state index contributed by atoms with van der Waals surface area (Å²) in [6.07, 6.45) is 4.75. The number of carbonyl (C=O) groups excluding carboxylic acids is 1. The fourth-order valence-corrected chi connectivity index (χ4v) is 2.26. The molecule has 1 rings (SSSR count). The van der Waals surface area contributed by atoms with Crippen molar-refractivity contribution in [3.8, 4) is 0 Å². The highest BCUT2D eigenvalue weighted by atomic mass is 16.2. The van der Waals surface area contributed by atoms with Crippen molar-refractivity contribution in [3.63, 3.8) is 0 Å². The van der Waals surface area contributed by atoms with E-state index in [-0.39, 0.29) is 11.9 Å². The topological polar surface area (TPSA) is 46.3 Å². The zero-order valence-corrected chi connectivity index (χ0v) is 9.33. The lowest BCUT2D eigenvalue weighted by molar-refractivity contribution is -0.133. The van der Waals surface area contributed by atoms with Gasteiger partial charge in [0.25, 0.3) is 0 Å². The van der Waals surface area contributed by atoms with Crippen LogP contribution in [0.2, 0.25) is 0 Å². The molecule has 1 saturated carbocycles. The molecule has 2 N–H and O–H groups in total. The van der Waals surface area contributed by atoms with Crippen molar-refractivity contribution in [3.05, 3.63) is 0 Å². The average Bonchev–Trinajstić information content (AvgIpc) is 2.71. The summed E-state index contributed by atoms with van der Waals surface area (Å²) in [5.74, 6) is 0.574. The van der Waals surface area contributed by atoms with Crippen LogP contribution in [0.4, 0.5) is 0 Å². The van der Waals surface area contributed by atoms with Crippen molar-refractivity contribution in [1.82, 2.24) is 4.90 Å². The van der Waals surface area contributed by atoms with Crippen LogP contribution in [0.3, 0.4) is 0 Å². The molecule has 0 aromatic rings. The first kappa shape index (κ1) is 11.5. The molecule has 1 aliphatic carbocycles. The standard InChI is InChI=1S/C11H22N2O/c1-3-13(4-2)11(14)10(12)9-7-5-6-8-9/h9-10H,3-8,12H2,1-2H3. The maximum atomic E-state index is 11.9.